The fourth-order valence-corrected chi connectivity index (χ4v) is 0. The van der Waals surface area contributed by atoms with E-state index in [0.29, 0.717) is 0 Å². The van der Waals surface area contributed by atoms with Crippen molar-refractivity contribution < 1.29 is 15.4 Å². The molecule has 0 aromatic rings. The van der Waals surface area contributed by atoms with E-state index in [4.69, 9.17) is 9.90 Å². The van der Waals surface area contributed by atoms with E-state index in [1.807, 2.05) is 0 Å². The monoisotopic (exact) mass is 112 g/mol. The SMILES string of the molecule is CC(=O)O.O.P. The molecule has 0 heterocycles. The Kier molecular flexibility index (Phi) is 25.0. The first-order chi connectivity index (χ1) is 1.73. The Bertz CT molecular complexity index is 31.8. The molecule has 0 aliphatic heterocycles. The third-order valence-electron chi connectivity index (χ3n) is 0. The highest BCUT2D eigenvalue weighted by Gasteiger charge is 1.65. The summed E-state index contributed by atoms with van der Waals surface area (Å²) in [6.07, 6.45) is 0. The topological polar surface area (TPSA) is 68.8 Å². The minimum atomic E-state index is -0.833. The standard InChI is InChI=1S/C2H4O2.H2O.H3P/c1-2(3)4;;/h1H3,(H,3,4);1H2;1H3. The molecule has 0 spiro atoms. The van der Waals surface area contributed by atoms with Gasteiger partial charge in [0.05, 0.1) is 0 Å². The lowest BCUT2D eigenvalue weighted by Crippen LogP contribution is -1.78. The summed E-state index contributed by atoms with van der Waals surface area (Å²) >= 11 is 0. The van der Waals surface area contributed by atoms with Crippen molar-refractivity contribution in [3.63, 3.8) is 0 Å². The Morgan fingerprint density at radius 1 is 1.67 bits per heavy atom. The molecule has 6 heavy (non-hydrogen) atoms. The molecular weight excluding hydrogens is 103 g/mol. The largest absolute Gasteiger partial charge is 0.481 e. The lowest BCUT2D eigenvalue weighted by molar-refractivity contribution is -0.134. The fraction of sp³-hybridized carbons (Fsp3) is 0.500. The molecule has 0 fully saturated rings. The molecule has 1 atom stereocenters. The third-order valence-corrected chi connectivity index (χ3v) is 0. The number of hydrogen-bond acceptors (Lipinski definition) is 1. The first-order valence-electron chi connectivity index (χ1n) is 0.928. The van der Waals surface area contributed by atoms with Crippen LogP contribution >= 0.6 is 9.90 Å². The highest BCUT2D eigenvalue weighted by Crippen LogP contribution is 1.42. The highest BCUT2D eigenvalue weighted by molar-refractivity contribution is 6.92. The summed E-state index contributed by atoms with van der Waals surface area (Å²) in [5.41, 5.74) is 0. The minimum absolute atomic E-state index is 0. The summed E-state index contributed by atoms with van der Waals surface area (Å²) in [5, 5.41) is 7.42. The van der Waals surface area contributed by atoms with Crippen molar-refractivity contribution in [2.75, 3.05) is 0 Å². The van der Waals surface area contributed by atoms with Gasteiger partial charge in [-0.2, -0.15) is 9.90 Å². The van der Waals surface area contributed by atoms with Crippen molar-refractivity contribution in [2.45, 2.75) is 6.92 Å². The molecule has 3 N–H and O–H groups in total. The zero-order valence-corrected chi connectivity index (χ0v) is 4.98. The zero-order valence-electron chi connectivity index (χ0n) is 3.56. The van der Waals surface area contributed by atoms with Crippen molar-refractivity contribution in [3.8, 4) is 0 Å². The zero-order chi connectivity index (χ0) is 3.58. The van der Waals surface area contributed by atoms with Crippen LogP contribution in [0.5, 0.6) is 0 Å². The van der Waals surface area contributed by atoms with Crippen LogP contribution in [0.4, 0.5) is 0 Å². The summed E-state index contributed by atoms with van der Waals surface area (Å²) in [7, 11) is 0. The molecule has 0 bridgehead atoms. The van der Waals surface area contributed by atoms with Crippen molar-refractivity contribution in [3.05, 3.63) is 0 Å². The molecule has 0 saturated carbocycles. The average molecular weight is 112 g/mol. The van der Waals surface area contributed by atoms with Gasteiger partial charge < -0.3 is 10.6 Å². The van der Waals surface area contributed by atoms with E-state index in [0.717, 1.165) is 6.92 Å². The molecule has 0 aromatic heterocycles. The lowest BCUT2D eigenvalue weighted by atomic mass is 10.9. The summed E-state index contributed by atoms with van der Waals surface area (Å²) in [6.45, 7) is 1.08. The molecule has 3 nitrogen and oxygen atoms in total. The summed E-state index contributed by atoms with van der Waals surface area (Å²) in [6, 6.07) is 0. The highest BCUT2D eigenvalue weighted by atomic mass is 31.0. The predicted octanol–water partition coefficient (Wildman–Crippen LogP) is -0.676. The van der Waals surface area contributed by atoms with Gasteiger partial charge >= 0.3 is 0 Å². The fourth-order valence-electron chi connectivity index (χ4n) is 0. The van der Waals surface area contributed by atoms with Crippen LogP contribution in [0.1, 0.15) is 6.92 Å². The first kappa shape index (κ1) is 16.9. The summed E-state index contributed by atoms with van der Waals surface area (Å²) < 4.78 is 0. The maximum absolute atomic E-state index is 9.00. The second kappa shape index (κ2) is 8.85. The van der Waals surface area contributed by atoms with Crippen LogP contribution in [-0.2, 0) is 4.79 Å². The van der Waals surface area contributed by atoms with Crippen molar-refractivity contribution >= 4 is 15.9 Å². The second-order valence-electron chi connectivity index (χ2n) is 0.519. The molecule has 4 heteroatoms. The maximum atomic E-state index is 9.00. The Morgan fingerprint density at radius 3 is 1.67 bits per heavy atom. The smallest absolute Gasteiger partial charge is 0.300 e. The van der Waals surface area contributed by atoms with Gasteiger partial charge in [0.25, 0.3) is 5.97 Å². The van der Waals surface area contributed by atoms with Gasteiger partial charge in [-0.3, -0.25) is 4.79 Å². The van der Waals surface area contributed by atoms with E-state index in [1.54, 1.807) is 0 Å². The van der Waals surface area contributed by atoms with E-state index in [-0.39, 0.29) is 15.4 Å². The van der Waals surface area contributed by atoms with Crippen LogP contribution in [0.2, 0.25) is 0 Å². The van der Waals surface area contributed by atoms with Crippen LogP contribution in [0.15, 0.2) is 0 Å². The van der Waals surface area contributed by atoms with E-state index < -0.39 is 5.97 Å². The maximum Gasteiger partial charge on any atom is 0.300 e. The Hall–Kier alpha value is -0.140. The molecule has 0 amide bonds. The second-order valence-corrected chi connectivity index (χ2v) is 0.519. The number of carboxylic acid groups (broad SMARTS) is 1. The number of rotatable bonds is 0. The quantitative estimate of drug-likeness (QED) is 0.422. The predicted molar refractivity (Wildman–Crippen MR) is 28.0 cm³/mol. The molecule has 0 aliphatic carbocycles. The number of carbonyl (C=O) groups is 1. The lowest BCUT2D eigenvalue weighted by Gasteiger charge is -1.59. The van der Waals surface area contributed by atoms with Gasteiger partial charge in [-0.1, -0.05) is 0 Å². The molecular formula is C2H9O3P. The molecule has 0 rings (SSSR count). The molecule has 1 unspecified atom stereocenters. The van der Waals surface area contributed by atoms with Crippen LogP contribution < -0.4 is 0 Å². The van der Waals surface area contributed by atoms with Gasteiger partial charge in [-0.25, -0.2) is 0 Å². The van der Waals surface area contributed by atoms with Crippen molar-refractivity contribution in [1.82, 2.24) is 0 Å². The number of hydrogen-bond donors (Lipinski definition) is 1. The van der Waals surface area contributed by atoms with Gasteiger partial charge in [0.1, 0.15) is 0 Å². The molecule has 0 aromatic carbocycles. The normalized spacial score (nSPS) is 4.17. The van der Waals surface area contributed by atoms with Gasteiger partial charge in [0.2, 0.25) is 0 Å². The van der Waals surface area contributed by atoms with Gasteiger partial charge in [0.15, 0.2) is 0 Å². The first-order valence-corrected chi connectivity index (χ1v) is 0.928. The van der Waals surface area contributed by atoms with Crippen molar-refractivity contribution in [1.29, 1.82) is 0 Å². The Morgan fingerprint density at radius 2 is 1.67 bits per heavy atom. The van der Waals surface area contributed by atoms with Crippen LogP contribution in [0, 0.1) is 0 Å². The summed E-state index contributed by atoms with van der Waals surface area (Å²) in [5.74, 6) is -0.833. The van der Waals surface area contributed by atoms with E-state index in [1.165, 1.54) is 0 Å². The Labute approximate surface area is 39.3 Å². The molecule has 0 radical (unpaired) electrons. The number of carboxylic acids is 1. The van der Waals surface area contributed by atoms with Crippen LogP contribution in [-0.4, -0.2) is 16.6 Å². The number of aliphatic carboxylic acids is 1. The van der Waals surface area contributed by atoms with Crippen LogP contribution in [0.3, 0.4) is 0 Å². The van der Waals surface area contributed by atoms with Gasteiger partial charge in [0, 0.05) is 6.92 Å². The molecule has 0 saturated heterocycles. The average Bonchev–Trinajstić information content (AvgIpc) is 0.811. The van der Waals surface area contributed by atoms with Crippen LogP contribution in [0.25, 0.3) is 0 Å². The van der Waals surface area contributed by atoms with E-state index in [9.17, 15) is 0 Å². The van der Waals surface area contributed by atoms with E-state index >= 15 is 0 Å². The molecule has 40 valence electrons. The van der Waals surface area contributed by atoms with Crippen molar-refractivity contribution in [2.24, 2.45) is 0 Å². The summed E-state index contributed by atoms with van der Waals surface area (Å²) in [4.78, 5) is 9.00. The minimum Gasteiger partial charge on any atom is -0.481 e. The van der Waals surface area contributed by atoms with Gasteiger partial charge in [-0.05, 0) is 0 Å². The van der Waals surface area contributed by atoms with E-state index in [2.05, 4.69) is 0 Å². The third kappa shape index (κ3) is 1610. The molecule has 0 aliphatic rings. The van der Waals surface area contributed by atoms with Gasteiger partial charge in [-0.15, -0.1) is 0 Å². The Balaban J connectivity index is -0.0000000450.